The Kier molecular flexibility index (Phi) is 5.10. The summed E-state index contributed by atoms with van der Waals surface area (Å²) in [4.78, 5) is 14.6. The van der Waals surface area contributed by atoms with Crippen LogP contribution in [-0.4, -0.2) is 18.3 Å². The molecule has 1 aliphatic rings. The first-order valence-corrected chi connectivity index (χ1v) is 10.1. The van der Waals surface area contributed by atoms with E-state index in [0.29, 0.717) is 17.4 Å². The molecule has 1 atom stereocenters. The first kappa shape index (κ1) is 18.0. The summed E-state index contributed by atoms with van der Waals surface area (Å²) in [5.41, 5.74) is 1.85. The predicted octanol–water partition coefficient (Wildman–Crippen LogP) is 5.84. The van der Waals surface area contributed by atoms with Crippen molar-refractivity contribution in [2.75, 3.05) is 17.3 Å². The van der Waals surface area contributed by atoms with Crippen molar-refractivity contribution in [2.24, 2.45) is 0 Å². The lowest BCUT2D eigenvalue weighted by Gasteiger charge is -2.27. The molecule has 3 aromatic rings. The minimum absolute atomic E-state index is 0.0786. The van der Waals surface area contributed by atoms with Gasteiger partial charge < -0.3 is 4.74 Å². The Bertz CT molecular complexity index is 1000. The van der Waals surface area contributed by atoms with E-state index in [1.165, 1.54) is 0 Å². The van der Waals surface area contributed by atoms with Crippen molar-refractivity contribution in [3.63, 3.8) is 0 Å². The van der Waals surface area contributed by atoms with E-state index in [-0.39, 0.29) is 11.3 Å². The Morgan fingerprint density at radius 2 is 1.93 bits per heavy atom. The van der Waals surface area contributed by atoms with E-state index in [2.05, 4.69) is 18.7 Å². The number of hydrogen-bond acceptors (Lipinski definition) is 3. The number of carbonyl (C=O) groups excluding carboxylic acids is 1. The molecule has 0 radical (unpaired) electrons. The maximum Gasteiger partial charge on any atom is 0.238 e. The highest BCUT2D eigenvalue weighted by molar-refractivity contribution is 8.00. The Morgan fingerprint density at radius 1 is 1.15 bits per heavy atom. The highest BCUT2D eigenvalue weighted by Crippen LogP contribution is 2.47. The summed E-state index contributed by atoms with van der Waals surface area (Å²) in [6.45, 7) is 4.16. The summed E-state index contributed by atoms with van der Waals surface area (Å²) in [7, 11) is 0. The van der Waals surface area contributed by atoms with Crippen LogP contribution in [0.4, 0.5) is 5.69 Å². The Labute approximate surface area is 167 Å². The van der Waals surface area contributed by atoms with Gasteiger partial charge in [0.25, 0.3) is 0 Å². The summed E-state index contributed by atoms with van der Waals surface area (Å²) in [5.74, 6) is 1.28. The minimum atomic E-state index is -0.162. The van der Waals surface area contributed by atoms with Crippen molar-refractivity contribution in [2.45, 2.75) is 5.37 Å². The van der Waals surface area contributed by atoms with Gasteiger partial charge >= 0.3 is 0 Å². The van der Waals surface area contributed by atoms with Crippen LogP contribution in [-0.2, 0) is 4.79 Å². The SMILES string of the molecule is C=CCOc1ccc2ccccc2c1[C@H]1SCC(=O)N1c1ccc(Cl)cc1. The fourth-order valence-corrected chi connectivity index (χ4v) is 4.69. The van der Waals surface area contributed by atoms with Crippen LogP contribution in [0.25, 0.3) is 10.8 Å². The van der Waals surface area contributed by atoms with Gasteiger partial charge in [-0.3, -0.25) is 9.69 Å². The minimum Gasteiger partial charge on any atom is -0.489 e. The van der Waals surface area contributed by atoms with Gasteiger partial charge in [0.15, 0.2) is 0 Å². The Balaban J connectivity index is 1.87. The van der Waals surface area contributed by atoms with Crippen LogP contribution in [0.2, 0.25) is 5.02 Å². The van der Waals surface area contributed by atoms with Crippen molar-refractivity contribution in [1.29, 1.82) is 0 Å². The van der Waals surface area contributed by atoms with E-state index >= 15 is 0 Å². The lowest BCUT2D eigenvalue weighted by Crippen LogP contribution is -2.28. The number of halogens is 1. The number of anilines is 1. The number of benzene rings is 3. The van der Waals surface area contributed by atoms with Gasteiger partial charge in [-0.25, -0.2) is 0 Å². The molecular weight excluding hydrogens is 378 g/mol. The van der Waals surface area contributed by atoms with Crippen LogP contribution in [0.3, 0.4) is 0 Å². The molecule has 3 aromatic carbocycles. The number of carbonyl (C=O) groups is 1. The molecule has 136 valence electrons. The molecule has 3 nitrogen and oxygen atoms in total. The summed E-state index contributed by atoms with van der Waals surface area (Å²) >= 11 is 7.64. The second kappa shape index (κ2) is 7.67. The lowest BCUT2D eigenvalue weighted by atomic mass is 10.0. The topological polar surface area (TPSA) is 29.5 Å². The van der Waals surface area contributed by atoms with Crippen LogP contribution >= 0.6 is 23.4 Å². The molecule has 4 rings (SSSR count). The quantitative estimate of drug-likeness (QED) is 0.508. The number of rotatable bonds is 5. The van der Waals surface area contributed by atoms with Gasteiger partial charge in [-0.2, -0.15) is 0 Å². The Hall–Kier alpha value is -2.43. The van der Waals surface area contributed by atoms with Crippen LogP contribution in [0, 0.1) is 0 Å². The van der Waals surface area contributed by atoms with E-state index in [1.807, 2.05) is 53.4 Å². The standard InChI is InChI=1S/C22H18ClNO2S/c1-2-13-26-19-12-7-15-5-3-4-6-18(15)21(19)22-24(20(25)14-27-22)17-10-8-16(23)9-11-17/h2-12,22H,1,13-14H2/t22-/m1/s1. The number of amides is 1. The van der Waals surface area contributed by atoms with Crippen molar-refractivity contribution >= 4 is 45.7 Å². The monoisotopic (exact) mass is 395 g/mol. The van der Waals surface area contributed by atoms with Gasteiger partial charge in [0.2, 0.25) is 5.91 Å². The van der Waals surface area contributed by atoms with Gasteiger partial charge in [0.05, 0.1) is 5.75 Å². The van der Waals surface area contributed by atoms with E-state index < -0.39 is 0 Å². The molecule has 0 aromatic heterocycles. The lowest BCUT2D eigenvalue weighted by molar-refractivity contribution is -0.115. The van der Waals surface area contributed by atoms with Gasteiger partial charge in [-0.1, -0.05) is 54.6 Å². The zero-order valence-corrected chi connectivity index (χ0v) is 16.2. The fourth-order valence-electron chi connectivity index (χ4n) is 3.32. The third kappa shape index (κ3) is 3.43. The number of hydrogen-bond donors (Lipinski definition) is 0. The van der Waals surface area contributed by atoms with Crippen molar-refractivity contribution in [3.05, 3.63) is 83.9 Å². The maximum atomic E-state index is 12.7. The smallest absolute Gasteiger partial charge is 0.238 e. The molecule has 5 heteroatoms. The number of thioether (sulfide) groups is 1. The van der Waals surface area contributed by atoms with Crippen LogP contribution in [0.15, 0.2) is 73.3 Å². The second-order valence-corrected chi connectivity index (χ2v) is 7.71. The molecule has 1 saturated heterocycles. The molecule has 0 unspecified atom stereocenters. The average Bonchev–Trinajstić information content (AvgIpc) is 3.07. The number of nitrogens with zero attached hydrogens (tertiary/aromatic N) is 1. The third-order valence-corrected chi connectivity index (χ3v) is 5.93. The molecule has 0 aliphatic carbocycles. The summed E-state index contributed by atoms with van der Waals surface area (Å²) in [5, 5.41) is 2.69. The van der Waals surface area contributed by atoms with Gasteiger partial charge in [0.1, 0.15) is 17.7 Å². The van der Waals surface area contributed by atoms with E-state index in [4.69, 9.17) is 16.3 Å². The summed E-state index contributed by atoms with van der Waals surface area (Å²) < 4.78 is 5.95. The number of fused-ring (bicyclic) bond motifs is 1. The van der Waals surface area contributed by atoms with E-state index in [0.717, 1.165) is 27.8 Å². The first-order valence-electron chi connectivity index (χ1n) is 8.63. The van der Waals surface area contributed by atoms with Gasteiger partial charge in [-0.15, -0.1) is 11.8 Å². The molecule has 0 saturated carbocycles. The summed E-state index contributed by atoms with van der Waals surface area (Å²) in [6.07, 6.45) is 1.73. The van der Waals surface area contributed by atoms with Crippen LogP contribution in [0.5, 0.6) is 5.75 Å². The average molecular weight is 396 g/mol. The molecule has 1 heterocycles. The second-order valence-electron chi connectivity index (χ2n) is 6.20. The molecule has 1 aliphatic heterocycles. The van der Waals surface area contributed by atoms with Gasteiger partial charge in [-0.05, 0) is 41.1 Å². The van der Waals surface area contributed by atoms with E-state index in [1.54, 1.807) is 17.8 Å². The molecular formula is C22H18ClNO2S. The fraction of sp³-hybridized carbons (Fsp3) is 0.136. The number of ether oxygens (including phenoxy) is 1. The molecule has 1 amide bonds. The normalized spacial score (nSPS) is 16.7. The van der Waals surface area contributed by atoms with Gasteiger partial charge in [0, 0.05) is 16.3 Å². The molecule has 1 fully saturated rings. The van der Waals surface area contributed by atoms with Crippen LogP contribution < -0.4 is 9.64 Å². The predicted molar refractivity (Wildman–Crippen MR) is 114 cm³/mol. The largest absolute Gasteiger partial charge is 0.489 e. The van der Waals surface area contributed by atoms with Crippen LogP contribution in [0.1, 0.15) is 10.9 Å². The Morgan fingerprint density at radius 3 is 2.70 bits per heavy atom. The maximum absolute atomic E-state index is 12.7. The zero-order valence-electron chi connectivity index (χ0n) is 14.6. The molecule has 0 bridgehead atoms. The molecule has 0 N–H and O–H groups in total. The van der Waals surface area contributed by atoms with Crippen molar-refractivity contribution in [3.8, 4) is 5.75 Å². The van der Waals surface area contributed by atoms with E-state index in [9.17, 15) is 4.79 Å². The summed E-state index contributed by atoms with van der Waals surface area (Å²) in [6, 6.07) is 19.6. The highest BCUT2D eigenvalue weighted by Gasteiger charge is 2.36. The zero-order chi connectivity index (χ0) is 18.8. The first-order chi connectivity index (χ1) is 13.2. The molecule has 0 spiro atoms. The molecule has 27 heavy (non-hydrogen) atoms. The highest BCUT2D eigenvalue weighted by atomic mass is 35.5. The van der Waals surface area contributed by atoms with Crippen molar-refractivity contribution < 1.29 is 9.53 Å². The third-order valence-electron chi connectivity index (χ3n) is 4.51. The van der Waals surface area contributed by atoms with Crippen molar-refractivity contribution in [1.82, 2.24) is 0 Å².